The fourth-order valence-electron chi connectivity index (χ4n) is 2.34. The van der Waals surface area contributed by atoms with Crippen LogP contribution >= 0.6 is 15.9 Å². The number of benzene rings is 1. The van der Waals surface area contributed by atoms with Crippen molar-refractivity contribution in [3.8, 4) is 11.5 Å². The van der Waals surface area contributed by atoms with Gasteiger partial charge in [-0.3, -0.25) is 0 Å². The first kappa shape index (κ1) is 16.1. The fraction of sp³-hybridized carbons (Fsp3) is 0.533. The van der Waals surface area contributed by atoms with Gasteiger partial charge in [0.25, 0.3) is 0 Å². The van der Waals surface area contributed by atoms with E-state index in [-0.39, 0.29) is 12.5 Å². The van der Waals surface area contributed by atoms with Gasteiger partial charge in [-0.1, -0.05) is 13.8 Å². The van der Waals surface area contributed by atoms with Gasteiger partial charge in [0.1, 0.15) is 13.2 Å². The third-order valence-electron chi connectivity index (χ3n) is 3.23. The lowest BCUT2D eigenvalue weighted by molar-refractivity contribution is -0.153. The summed E-state index contributed by atoms with van der Waals surface area (Å²) in [7, 11) is 0. The second-order valence-electron chi connectivity index (χ2n) is 5.03. The molecule has 2 rings (SSSR count). The van der Waals surface area contributed by atoms with E-state index < -0.39 is 12.1 Å². The minimum absolute atomic E-state index is 0.0919. The molecule has 0 aliphatic carbocycles. The van der Waals surface area contributed by atoms with Crippen molar-refractivity contribution in [3.63, 3.8) is 0 Å². The maximum absolute atomic E-state index is 11.8. The number of carbonyl (C=O) groups is 1. The predicted molar refractivity (Wildman–Crippen MR) is 80.8 cm³/mol. The lowest BCUT2D eigenvalue weighted by Crippen LogP contribution is -2.20. The van der Waals surface area contributed by atoms with Crippen LogP contribution in [0.2, 0.25) is 0 Å². The van der Waals surface area contributed by atoms with Crippen molar-refractivity contribution in [2.75, 3.05) is 19.8 Å². The Hall–Kier alpha value is -1.27. The van der Waals surface area contributed by atoms with Crippen molar-refractivity contribution in [1.82, 2.24) is 0 Å². The molecule has 0 spiro atoms. The Kier molecular flexibility index (Phi) is 5.11. The second-order valence-corrected chi connectivity index (χ2v) is 5.82. The molecule has 0 fully saturated rings. The van der Waals surface area contributed by atoms with Crippen LogP contribution in [0.15, 0.2) is 10.5 Å². The molecule has 5 nitrogen and oxygen atoms in total. The molecule has 1 aliphatic rings. The summed E-state index contributed by atoms with van der Waals surface area (Å²) in [5.74, 6) is 0.567. The number of hydrogen-bond acceptors (Lipinski definition) is 5. The van der Waals surface area contributed by atoms with E-state index in [4.69, 9.17) is 14.2 Å². The highest BCUT2D eigenvalue weighted by atomic mass is 79.9. The van der Waals surface area contributed by atoms with Crippen molar-refractivity contribution in [2.24, 2.45) is 0 Å². The van der Waals surface area contributed by atoms with Crippen molar-refractivity contribution in [1.29, 1.82) is 0 Å². The van der Waals surface area contributed by atoms with E-state index in [0.717, 1.165) is 5.56 Å². The molecule has 0 radical (unpaired) electrons. The number of carbonyl (C=O) groups excluding carboxylic acids is 1. The minimum atomic E-state index is -1.34. The van der Waals surface area contributed by atoms with E-state index in [1.54, 1.807) is 13.0 Å². The SMILES string of the molecule is CCOC(=O)C(O)c1cc2c(c(Br)c1C(C)C)OCCO2. The van der Waals surface area contributed by atoms with E-state index in [1.807, 2.05) is 13.8 Å². The van der Waals surface area contributed by atoms with E-state index in [2.05, 4.69) is 15.9 Å². The van der Waals surface area contributed by atoms with Gasteiger partial charge in [-0.15, -0.1) is 0 Å². The van der Waals surface area contributed by atoms with Crippen LogP contribution in [0.5, 0.6) is 11.5 Å². The van der Waals surface area contributed by atoms with Crippen LogP contribution in [-0.2, 0) is 9.53 Å². The van der Waals surface area contributed by atoms with Crippen molar-refractivity contribution < 1.29 is 24.1 Å². The van der Waals surface area contributed by atoms with Crippen LogP contribution in [0, 0.1) is 0 Å². The van der Waals surface area contributed by atoms with Gasteiger partial charge in [0.15, 0.2) is 17.6 Å². The molecule has 1 aromatic rings. The lowest BCUT2D eigenvalue weighted by atomic mass is 9.93. The van der Waals surface area contributed by atoms with E-state index in [9.17, 15) is 9.90 Å². The largest absolute Gasteiger partial charge is 0.486 e. The standard InChI is InChI=1S/C15H19BrO5/c1-4-19-15(18)13(17)9-7-10-14(21-6-5-20-10)12(16)11(9)8(2)3/h7-8,13,17H,4-6H2,1-3H3. The van der Waals surface area contributed by atoms with Gasteiger partial charge >= 0.3 is 5.97 Å². The first-order valence-electron chi connectivity index (χ1n) is 6.93. The first-order chi connectivity index (χ1) is 9.97. The molecule has 0 saturated carbocycles. The van der Waals surface area contributed by atoms with Crippen molar-refractivity contribution >= 4 is 21.9 Å². The molecule has 1 unspecified atom stereocenters. The maximum atomic E-state index is 11.8. The Bertz CT molecular complexity index is 541. The molecule has 6 heteroatoms. The summed E-state index contributed by atoms with van der Waals surface area (Å²) in [5.41, 5.74) is 1.30. The monoisotopic (exact) mass is 358 g/mol. The summed E-state index contributed by atoms with van der Waals surface area (Å²) >= 11 is 3.51. The van der Waals surface area contributed by atoms with Gasteiger partial charge in [-0.25, -0.2) is 4.79 Å². The molecule has 1 atom stereocenters. The normalized spacial score (nSPS) is 15.0. The summed E-state index contributed by atoms with van der Waals surface area (Å²) in [5, 5.41) is 10.3. The summed E-state index contributed by atoms with van der Waals surface area (Å²) in [6.07, 6.45) is -1.34. The van der Waals surface area contributed by atoms with Gasteiger partial charge in [0, 0.05) is 5.56 Å². The first-order valence-corrected chi connectivity index (χ1v) is 7.73. The summed E-state index contributed by atoms with van der Waals surface area (Å²) < 4.78 is 16.8. The molecule has 0 aromatic heterocycles. The van der Waals surface area contributed by atoms with Gasteiger partial charge in [-0.05, 0) is 40.4 Å². The van der Waals surface area contributed by atoms with E-state index >= 15 is 0 Å². The molecular formula is C15H19BrO5. The molecule has 0 saturated heterocycles. The van der Waals surface area contributed by atoms with Crippen LogP contribution in [0.25, 0.3) is 0 Å². The summed E-state index contributed by atoms with van der Waals surface area (Å²) in [6.45, 7) is 6.81. The molecule has 1 N–H and O–H groups in total. The van der Waals surface area contributed by atoms with Crippen LogP contribution in [0.1, 0.15) is 43.9 Å². The highest BCUT2D eigenvalue weighted by Gasteiger charge is 2.29. The highest BCUT2D eigenvalue weighted by molar-refractivity contribution is 9.10. The molecule has 1 aliphatic heterocycles. The molecule has 21 heavy (non-hydrogen) atoms. The van der Waals surface area contributed by atoms with Crippen LogP contribution in [0.4, 0.5) is 0 Å². The number of rotatable bonds is 4. The minimum Gasteiger partial charge on any atom is -0.486 e. The Morgan fingerprint density at radius 2 is 2.10 bits per heavy atom. The van der Waals surface area contributed by atoms with E-state index in [1.165, 1.54) is 0 Å². The smallest absolute Gasteiger partial charge is 0.339 e. The number of hydrogen-bond donors (Lipinski definition) is 1. The van der Waals surface area contributed by atoms with Crippen LogP contribution in [-0.4, -0.2) is 30.9 Å². The number of halogens is 1. The number of esters is 1. The summed E-state index contributed by atoms with van der Waals surface area (Å²) in [6, 6.07) is 1.66. The van der Waals surface area contributed by atoms with Gasteiger partial charge in [-0.2, -0.15) is 0 Å². The number of aliphatic hydroxyl groups excluding tert-OH is 1. The van der Waals surface area contributed by atoms with Gasteiger partial charge < -0.3 is 19.3 Å². The van der Waals surface area contributed by atoms with Crippen molar-refractivity contribution in [3.05, 3.63) is 21.7 Å². The Morgan fingerprint density at radius 1 is 1.43 bits per heavy atom. The topological polar surface area (TPSA) is 65.0 Å². The quantitative estimate of drug-likeness (QED) is 0.838. The number of ether oxygens (including phenoxy) is 3. The molecule has 116 valence electrons. The zero-order valence-electron chi connectivity index (χ0n) is 12.3. The Labute approximate surface area is 132 Å². The van der Waals surface area contributed by atoms with Crippen molar-refractivity contribution in [2.45, 2.75) is 32.8 Å². The Balaban J connectivity index is 2.53. The Morgan fingerprint density at radius 3 is 2.71 bits per heavy atom. The van der Waals surface area contributed by atoms with Gasteiger partial charge in [0.05, 0.1) is 11.1 Å². The zero-order valence-corrected chi connectivity index (χ0v) is 13.9. The third kappa shape index (κ3) is 3.16. The molecule has 0 bridgehead atoms. The number of aliphatic hydroxyl groups is 1. The third-order valence-corrected chi connectivity index (χ3v) is 4.01. The lowest BCUT2D eigenvalue weighted by Gasteiger charge is -2.26. The van der Waals surface area contributed by atoms with Crippen LogP contribution < -0.4 is 9.47 Å². The van der Waals surface area contributed by atoms with Gasteiger partial charge in [0.2, 0.25) is 0 Å². The average molecular weight is 359 g/mol. The summed E-state index contributed by atoms with van der Waals surface area (Å²) in [4.78, 5) is 11.8. The number of fused-ring (bicyclic) bond motifs is 1. The molecule has 1 aromatic carbocycles. The average Bonchev–Trinajstić information content (AvgIpc) is 2.46. The zero-order chi connectivity index (χ0) is 15.6. The molecule has 0 amide bonds. The maximum Gasteiger partial charge on any atom is 0.339 e. The predicted octanol–water partition coefficient (Wildman–Crippen LogP) is 2.94. The van der Waals surface area contributed by atoms with Crippen LogP contribution in [0.3, 0.4) is 0 Å². The molecular weight excluding hydrogens is 340 g/mol. The van der Waals surface area contributed by atoms with E-state index in [0.29, 0.717) is 34.7 Å². The second kappa shape index (κ2) is 6.66. The highest BCUT2D eigenvalue weighted by Crippen LogP contribution is 2.45. The fourth-order valence-corrected chi connectivity index (χ4v) is 3.34. The molecule has 1 heterocycles.